The van der Waals surface area contributed by atoms with Crippen LogP contribution in [0.4, 0.5) is 0 Å². The molecular weight excluding hydrogens is 316 g/mol. The largest absolute Gasteiger partial charge is 0.481 e. The van der Waals surface area contributed by atoms with E-state index < -0.39 is 23.5 Å². The molecule has 0 saturated heterocycles. The summed E-state index contributed by atoms with van der Waals surface area (Å²) in [6, 6.07) is 0. The first kappa shape index (κ1) is 22.5. The van der Waals surface area contributed by atoms with Gasteiger partial charge >= 0.3 is 11.9 Å². The quantitative estimate of drug-likeness (QED) is 0.403. The van der Waals surface area contributed by atoms with Gasteiger partial charge in [-0.25, -0.2) is 0 Å². The van der Waals surface area contributed by atoms with E-state index in [0.717, 1.165) is 0 Å². The molecule has 0 spiro atoms. The number of carbonyl (C=O) groups is 3. The van der Waals surface area contributed by atoms with Gasteiger partial charge in [-0.2, -0.15) is 0 Å². The van der Waals surface area contributed by atoms with E-state index in [1.165, 1.54) is 0 Å². The van der Waals surface area contributed by atoms with Gasteiger partial charge in [0.2, 0.25) is 0 Å². The first-order valence-electron chi connectivity index (χ1n) is 8.27. The third-order valence-corrected chi connectivity index (χ3v) is 3.02. The van der Waals surface area contributed by atoms with Crippen LogP contribution in [-0.4, -0.2) is 54.9 Å². The molecule has 1 atom stereocenters. The molecule has 0 bridgehead atoms. The van der Waals surface area contributed by atoms with Crippen molar-refractivity contribution < 1.29 is 33.7 Å². The summed E-state index contributed by atoms with van der Waals surface area (Å²) in [5.41, 5.74) is -0.677. The van der Waals surface area contributed by atoms with Crippen LogP contribution in [0.3, 0.4) is 0 Å². The molecule has 1 unspecified atom stereocenters. The number of hydrogen-bond acceptors (Lipinski definition) is 6. The number of ether oxygens (including phenoxy) is 3. The summed E-state index contributed by atoms with van der Waals surface area (Å²) < 4.78 is 15.7. The Morgan fingerprint density at radius 3 is 2.17 bits per heavy atom. The van der Waals surface area contributed by atoms with Crippen LogP contribution in [0.2, 0.25) is 0 Å². The van der Waals surface area contributed by atoms with E-state index in [9.17, 15) is 14.4 Å². The van der Waals surface area contributed by atoms with Crippen LogP contribution in [0.1, 0.15) is 53.4 Å². The molecule has 0 aromatic rings. The Labute approximate surface area is 143 Å². The highest BCUT2D eigenvalue weighted by Gasteiger charge is 2.27. The van der Waals surface area contributed by atoms with E-state index in [4.69, 9.17) is 19.3 Å². The second-order valence-electron chi connectivity index (χ2n) is 6.46. The van der Waals surface area contributed by atoms with Crippen LogP contribution < -0.4 is 0 Å². The average Bonchev–Trinajstić information content (AvgIpc) is 2.45. The van der Waals surface area contributed by atoms with Gasteiger partial charge in [0.05, 0.1) is 25.7 Å². The molecular formula is C17H30O7. The van der Waals surface area contributed by atoms with Crippen LogP contribution in [0.5, 0.6) is 0 Å². The highest BCUT2D eigenvalue weighted by Crippen LogP contribution is 2.19. The summed E-state index contributed by atoms with van der Waals surface area (Å²) in [5, 5.41) is 8.79. The van der Waals surface area contributed by atoms with Crippen molar-refractivity contribution >= 4 is 17.7 Å². The first-order chi connectivity index (χ1) is 11.2. The van der Waals surface area contributed by atoms with E-state index in [1.807, 2.05) is 6.92 Å². The van der Waals surface area contributed by atoms with E-state index in [1.54, 1.807) is 20.8 Å². The van der Waals surface area contributed by atoms with Crippen molar-refractivity contribution in [2.75, 3.05) is 26.4 Å². The Balaban J connectivity index is 4.34. The Morgan fingerprint density at radius 1 is 1.00 bits per heavy atom. The first-order valence-corrected chi connectivity index (χ1v) is 8.27. The molecule has 0 aromatic carbocycles. The molecule has 1 N–H and O–H groups in total. The molecule has 0 amide bonds. The number of carboxylic acids is 1. The van der Waals surface area contributed by atoms with Gasteiger partial charge in [0.15, 0.2) is 0 Å². The Bertz CT molecular complexity index is 398. The number of carboxylic acid groups (broad SMARTS) is 1. The molecule has 0 aliphatic heterocycles. The highest BCUT2D eigenvalue weighted by molar-refractivity contribution is 5.85. The monoisotopic (exact) mass is 346 g/mol. The van der Waals surface area contributed by atoms with Crippen molar-refractivity contribution in [1.29, 1.82) is 0 Å². The Hall–Kier alpha value is -1.47. The van der Waals surface area contributed by atoms with Crippen LogP contribution in [0.15, 0.2) is 0 Å². The van der Waals surface area contributed by atoms with Gasteiger partial charge in [-0.05, 0) is 34.1 Å². The summed E-state index contributed by atoms with van der Waals surface area (Å²) in [4.78, 5) is 34.9. The number of hydrogen-bond donors (Lipinski definition) is 1. The third-order valence-electron chi connectivity index (χ3n) is 3.02. The minimum absolute atomic E-state index is 0.0307. The number of Topliss-reactive ketones (excluding diaryl/α,β-unsaturated/α-hetero) is 1. The van der Waals surface area contributed by atoms with Gasteiger partial charge in [0.1, 0.15) is 11.4 Å². The van der Waals surface area contributed by atoms with Crippen LogP contribution in [-0.2, 0) is 28.6 Å². The van der Waals surface area contributed by atoms with Crippen molar-refractivity contribution in [3.05, 3.63) is 0 Å². The summed E-state index contributed by atoms with van der Waals surface area (Å²) >= 11 is 0. The van der Waals surface area contributed by atoms with E-state index in [0.29, 0.717) is 19.8 Å². The Morgan fingerprint density at radius 2 is 1.62 bits per heavy atom. The molecule has 0 heterocycles. The number of carbonyl (C=O) groups excluding carboxylic acids is 2. The lowest BCUT2D eigenvalue weighted by Crippen LogP contribution is -2.30. The number of esters is 1. The van der Waals surface area contributed by atoms with Crippen LogP contribution in [0.25, 0.3) is 0 Å². The van der Waals surface area contributed by atoms with Crippen molar-refractivity contribution in [3.8, 4) is 0 Å². The number of ketones is 1. The summed E-state index contributed by atoms with van der Waals surface area (Å²) in [7, 11) is 0. The fraction of sp³-hybridized carbons (Fsp3) is 0.824. The second-order valence-corrected chi connectivity index (χ2v) is 6.46. The molecule has 7 heteroatoms. The number of aliphatic carboxylic acids is 1. The summed E-state index contributed by atoms with van der Waals surface area (Å²) in [6.07, 6.45) is 0.0543. The normalized spacial score (nSPS) is 12.7. The molecule has 0 saturated carbocycles. The smallest absolute Gasteiger partial charge is 0.309 e. The zero-order valence-corrected chi connectivity index (χ0v) is 15.1. The van der Waals surface area contributed by atoms with E-state index in [2.05, 4.69) is 0 Å². The van der Waals surface area contributed by atoms with Gasteiger partial charge in [0.25, 0.3) is 0 Å². The maximum atomic E-state index is 12.1. The molecule has 0 aliphatic carbocycles. The lowest BCUT2D eigenvalue weighted by molar-refractivity contribution is -0.161. The zero-order valence-electron chi connectivity index (χ0n) is 15.1. The topological polar surface area (TPSA) is 99.1 Å². The van der Waals surface area contributed by atoms with Crippen molar-refractivity contribution in [1.82, 2.24) is 0 Å². The van der Waals surface area contributed by atoms with Gasteiger partial charge in [0, 0.05) is 25.9 Å². The lowest BCUT2D eigenvalue weighted by atomic mass is 9.95. The SMILES string of the molecule is CCOCCOCCC(=O)CC(CCC(=O)O)C(=O)OC(C)(C)C. The van der Waals surface area contributed by atoms with Crippen LogP contribution in [0, 0.1) is 5.92 Å². The maximum Gasteiger partial charge on any atom is 0.309 e. The molecule has 0 aliphatic rings. The predicted molar refractivity (Wildman–Crippen MR) is 87.8 cm³/mol. The molecule has 24 heavy (non-hydrogen) atoms. The lowest BCUT2D eigenvalue weighted by Gasteiger charge is -2.23. The van der Waals surface area contributed by atoms with E-state index in [-0.39, 0.29) is 38.1 Å². The molecule has 0 radical (unpaired) electrons. The van der Waals surface area contributed by atoms with Crippen molar-refractivity contribution in [3.63, 3.8) is 0 Å². The predicted octanol–water partition coefficient (Wildman–Crippen LogP) is 2.21. The molecule has 0 fully saturated rings. The Kier molecular flexibility index (Phi) is 11.2. The van der Waals surface area contributed by atoms with E-state index >= 15 is 0 Å². The fourth-order valence-electron chi connectivity index (χ4n) is 1.91. The minimum atomic E-state index is -1.00. The zero-order chi connectivity index (χ0) is 18.6. The van der Waals surface area contributed by atoms with Gasteiger partial charge < -0.3 is 19.3 Å². The van der Waals surface area contributed by atoms with Gasteiger partial charge in [-0.1, -0.05) is 0 Å². The minimum Gasteiger partial charge on any atom is -0.481 e. The molecule has 140 valence electrons. The number of rotatable bonds is 13. The fourth-order valence-corrected chi connectivity index (χ4v) is 1.91. The van der Waals surface area contributed by atoms with Gasteiger partial charge in [-0.3, -0.25) is 14.4 Å². The second kappa shape index (κ2) is 12.0. The van der Waals surface area contributed by atoms with Crippen LogP contribution >= 0.6 is 0 Å². The maximum absolute atomic E-state index is 12.1. The summed E-state index contributed by atoms with van der Waals surface area (Å²) in [5.74, 6) is -2.42. The third kappa shape index (κ3) is 13.0. The van der Waals surface area contributed by atoms with Crippen molar-refractivity contribution in [2.24, 2.45) is 5.92 Å². The molecule has 0 rings (SSSR count). The average molecular weight is 346 g/mol. The molecule has 7 nitrogen and oxygen atoms in total. The standard InChI is InChI=1S/C17H30O7/c1-5-22-10-11-23-9-8-14(18)12-13(6-7-15(19)20)16(21)24-17(2,3)4/h13H,5-12H2,1-4H3,(H,19,20). The molecule has 0 aromatic heterocycles. The highest BCUT2D eigenvalue weighted by atomic mass is 16.6. The summed E-state index contributed by atoms with van der Waals surface area (Å²) in [6.45, 7) is 8.83. The van der Waals surface area contributed by atoms with Gasteiger partial charge in [-0.15, -0.1) is 0 Å². The van der Waals surface area contributed by atoms with Crippen molar-refractivity contribution in [2.45, 2.75) is 59.0 Å².